The van der Waals surface area contributed by atoms with E-state index in [1.807, 2.05) is 0 Å². The van der Waals surface area contributed by atoms with Crippen molar-refractivity contribution in [3.05, 3.63) is 48.6 Å². The molecule has 1 aliphatic heterocycles. The predicted molar refractivity (Wildman–Crippen MR) is 253 cm³/mol. The standard InChI is InChI=1S/C50H90O12S/c1-3-5-7-9-11-13-15-17-19-21-22-23-24-26-28-30-32-34-36-38-40-58-42-44(43-59-50-48(54)49(62-63(55,56)57)47(53)45(41-51)61-50)60-46(52)39-37-35-33-31-29-27-25-20-18-16-14-12-10-8-6-4-2/h11,13,17,19-20,22-23,25,44-45,47-51,53-54H,3-10,12,14-16,18,21,24,26-43H2,1-2H3,(H,55,56,57)/b13-11-,19-17-,23-22-,25-20-. The van der Waals surface area contributed by atoms with E-state index in [9.17, 15) is 33.1 Å². The Morgan fingerprint density at radius 1 is 0.603 bits per heavy atom. The second kappa shape index (κ2) is 41.5. The molecule has 1 heterocycles. The Balaban J connectivity index is 2.40. The molecule has 4 N–H and O–H groups in total. The van der Waals surface area contributed by atoms with Gasteiger partial charge in [0.1, 0.15) is 30.5 Å². The number of esters is 1. The maximum absolute atomic E-state index is 12.9. The summed E-state index contributed by atoms with van der Waals surface area (Å²) in [5.41, 5.74) is 0. The van der Waals surface area contributed by atoms with Crippen LogP contribution >= 0.6 is 0 Å². The van der Waals surface area contributed by atoms with Gasteiger partial charge in [-0.05, 0) is 77.0 Å². The number of rotatable bonds is 43. The Kier molecular flexibility index (Phi) is 38.9. The summed E-state index contributed by atoms with van der Waals surface area (Å²) in [5.74, 6) is -0.411. The van der Waals surface area contributed by atoms with Crippen LogP contribution in [0.1, 0.15) is 200 Å². The van der Waals surface area contributed by atoms with Gasteiger partial charge in [0.2, 0.25) is 0 Å². The number of aliphatic hydroxyl groups excluding tert-OH is 3. The zero-order valence-electron chi connectivity index (χ0n) is 39.4. The molecular weight excluding hydrogens is 825 g/mol. The Bertz CT molecular complexity index is 1290. The normalized spacial score (nSPS) is 20.3. The van der Waals surface area contributed by atoms with Gasteiger partial charge in [0.05, 0.1) is 19.8 Å². The number of hydrogen-bond donors (Lipinski definition) is 4. The smallest absolute Gasteiger partial charge is 0.397 e. The monoisotopic (exact) mass is 915 g/mol. The van der Waals surface area contributed by atoms with Crippen LogP contribution in [0.5, 0.6) is 0 Å². The molecule has 0 bridgehead atoms. The summed E-state index contributed by atoms with van der Waals surface area (Å²) >= 11 is 0. The second-order valence-corrected chi connectivity index (χ2v) is 18.1. The summed E-state index contributed by atoms with van der Waals surface area (Å²) in [6, 6.07) is 0. The van der Waals surface area contributed by atoms with Crippen molar-refractivity contribution in [2.24, 2.45) is 0 Å². The van der Waals surface area contributed by atoms with Crippen molar-refractivity contribution in [3.8, 4) is 0 Å². The van der Waals surface area contributed by atoms with Crippen molar-refractivity contribution < 1.29 is 56.2 Å². The van der Waals surface area contributed by atoms with Crippen LogP contribution in [0.2, 0.25) is 0 Å². The zero-order chi connectivity index (χ0) is 46.1. The van der Waals surface area contributed by atoms with Crippen molar-refractivity contribution in [2.45, 2.75) is 237 Å². The fourth-order valence-electron chi connectivity index (χ4n) is 7.38. The number of carbonyl (C=O) groups excluding carboxylic acids is 1. The summed E-state index contributed by atoms with van der Waals surface area (Å²) in [6.07, 6.45) is 41.4. The Morgan fingerprint density at radius 2 is 1.05 bits per heavy atom. The molecule has 6 unspecified atom stereocenters. The maximum atomic E-state index is 12.9. The second-order valence-electron chi connectivity index (χ2n) is 17.0. The largest absolute Gasteiger partial charge is 0.457 e. The highest BCUT2D eigenvalue weighted by Crippen LogP contribution is 2.26. The highest BCUT2D eigenvalue weighted by Gasteiger charge is 2.48. The minimum atomic E-state index is -5.07. The number of unbranched alkanes of at least 4 members (excludes halogenated alkanes) is 22. The number of allylic oxidation sites excluding steroid dienone is 8. The third-order valence-electron chi connectivity index (χ3n) is 11.2. The summed E-state index contributed by atoms with van der Waals surface area (Å²) in [7, 11) is -5.07. The molecule has 0 aliphatic carbocycles. The van der Waals surface area contributed by atoms with Crippen LogP contribution in [0, 0.1) is 0 Å². The quantitative estimate of drug-likeness (QED) is 0.0197. The molecule has 368 valence electrons. The number of aliphatic hydroxyl groups is 3. The third kappa shape index (κ3) is 35.0. The van der Waals surface area contributed by atoms with E-state index < -0.39 is 59.8 Å². The minimum absolute atomic E-state index is 0.0253. The van der Waals surface area contributed by atoms with Gasteiger partial charge in [-0.1, -0.05) is 165 Å². The van der Waals surface area contributed by atoms with Crippen LogP contribution in [-0.2, 0) is 38.3 Å². The van der Waals surface area contributed by atoms with E-state index in [4.69, 9.17) is 18.9 Å². The maximum Gasteiger partial charge on any atom is 0.397 e. The molecular formula is C50H90O12S. The van der Waals surface area contributed by atoms with Gasteiger partial charge in [-0.2, -0.15) is 8.42 Å². The highest BCUT2D eigenvalue weighted by atomic mass is 32.3. The van der Waals surface area contributed by atoms with E-state index >= 15 is 0 Å². The fourth-order valence-corrected chi connectivity index (χ4v) is 7.89. The molecule has 0 aromatic carbocycles. The highest BCUT2D eigenvalue weighted by molar-refractivity contribution is 7.80. The van der Waals surface area contributed by atoms with Crippen LogP contribution < -0.4 is 0 Å². The molecule has 0 saturated carbocycles. The Morgan fingerprint density at radius 3 is 1.57 bits per heavy atom. The first-order chi connectivity index (χ1) is 30.6. The van der Waals surface area contributed by atoms with Crippen molar-refractivity contribution >= 4 is 16.4 Å². The molecule has 12 nitrogen and oxygen atoms in total. The number of hydrogen-bond acceptors (Lipinski definition) is 11. The molecule has 0 radical (unpaired) electrons. The van der Waals surface area contributed by atoms with E-state index in [-0.39, 0.29) is 19.6 Å². The molecule has 0 spiro atoms. The average Bonchev–Trinajstić information content (AvgIpc) is 3.26. The van der Waals surface area contributed by atoms with Gasteiger partial charge in [-0.25, -0.2) is 4.18 Å². The van der Waals surface area contributed by atoms with Gasteiger partial charge in [-0.15, -0.1) is 0 Å². The number of ether oxygens (including phenoxy) is 4. The summed E-state index contributed by atoms with van der Waals surface area (Å²) < 4.78 is 59.2. The van der Waals surface area contributed by atoms with Gasteiger partial charge in [0, 0.05) is 13.0 Å². The van der Waals surface area contributed by atoms with E-state index in [1.165, 1.54) is 96.3 Å². The molecule has 1 fully saturated rings. The zero-order valence-corrected chi connectivity index (χ0v) is 40.2. The summed E-state index contributed by atoms with van der Waals surface area (Å²) in [6.45, 7) is 3.94. The molecule has 0 amide bonds. The van der Waals surface area contributed by atoms with Crippen molar-refractivity contribution in [2.75, 3.05) is 26.4 Å². The predicted octanol–water partition coefficient (Wildman–Crippen LogP) is 11.1. The lowest BCUT2D eigenvalue weighted by molar-refractivity contribution is -0.301. The minimum Gasteiger partial charge on any atom is -0.457 e. The lowest BCUT2D eigenvalue weighted by Gasteiger charge is -2.41. The summed E-state index contributed by atoms with van der Waals surface area (Å²) in [5, 5.41) is 30.7. The van der Waals surface area contributed by atoms with Crippen LogP contribution in [0.4, 0.5) is 0 Å². The van der Waals surface area contributed by atoms with Gasteiger partial charge in [0.25, 0.3) is 0 Å². The molecule has 1 saturated heterocycles. The molecule has 1 rings (SSSR count). The first kappa shape index (κ1) is 59.1. The molecule has 1 aliphatic rings. The molecule has 6 atom stereocenters. The molecule has 13 heteroatoms. The van der Waals surface area contributed by atoms with Crippen LogP contribution in [-0.4, -0.2) is 97.5 Å². The van der Waals surface area contributed by atoms with E-state index in [1.54, 1.807) is 0 Å². The van der Waals surface area contributed by atoms with E-state index in [0.29, 0.717) is 13.0 Å². The topological polar surface area (TPSA) is 178 Å². The van der Waals surface area contributed by atoms with Crippen molar-refractivity contribution in [3.63, 3.8) is 0 Å². The Hall–Kier alpha value is -1.94. The fraction of sp³-hybridized carbons (Fsp3) is 0.820. The van der Waals surface area contributed by atoms with Gasteiger partial charge in [-0.3, -0.25) is 9.35 Å². The third-order valence-corrected chi connectivity index (χ3v) is 11.6. The number of carbonyl (C=O) groups is 1. The average molecular weight is 915 g/mol. The van der Waals surface area contributed by atoms with E-state index in [0.717, 1.165) is 77.0 Å². The lowest BCUT2D eigenvalue weighted by Crippen LogP contribution is -2.60. The van der Waals surface area contributed by atoms with Gasteiger partial charge >= 0.3 is 16.4 Å². The van der Waals surface area contributed by atoms with Crippen molar-refractivity contribution in [1.29, 1.82) is 0 Å². The van der Waals surface area contributed by atoms with Gasteiger partial charge < -0.3 is 34.3 Å². The molecule has 0 aromatic heterocycles. The van der Waals surface area contributed by atoms with Crippen LogP contribution in [0.15, 0.2) is 48.6 Å². The van der Waals surface area contributed by atoms with Crippen molar-refractivity contribution in [1.82, 2.24) is 0 Å². The Labute approximate surface area is 383 Å². The summed E-state index contributed by atoms with van der Waals surface area (Å²) in [4.78, 5) is 12.9. The SMILES string of the molecule is CCCCC/C=C\C/C=C\C/C=C\CCCCCCCCCOCC(COC1OC(CO)C(O)C(OS(=O)(=O)O)C1O)OC(=O)CCCCCCC/C=C\CCCCCCCCC. The van der Waals surface area contributed by atoms with Gasteiger partial charge in [0.15, 0.2) is 6.29 Å². The first-order valence-corrected chi connectivity index (χ1v) is 26.3. The first-order valence-electron chi connectivity index (χ1n) is 24.9. The molecule has 63 heavy (non-hydrogen) atoms. The van der Waals surface area contributed by atoms with Crippen LogP contribution in [0.3, 0.4) is 0 Å². The van der Waals surface area contributed by atoms with E-state index in [2.05, 4.69) is 66.6 Å². The van der Waals surface area contributed by atoms with Crippen LogP contribution in [0.25, 0.3) is 0 Å². The lowest BCUT2D eigenvalue weighted by atomic mass is 9.99. The molecule has 0 aromatic rings.